The standard InChI is InChI=1S/C30H29FN2O3/c1-20-8-2-5-11-25(20)32-29(34)22-16-14-21(15-17-22)18-28-30(35)33(19-23-9-3-4-10-24(23)31)26-12-6-7-13-27(26)36-28/h3-4,6-7,9-10,12-18,20,25H,2,5,8,11,19H2,1H3,(H,32,34)/b28-18-. The predicted octanol–water partition coefficient (Wildman–Crippen LogP) is 6.10. The first-order valence-corrected chi connectivity index (χ1v) is 12.4. The molecule has 1 N–H and O–H groups in total. The molecule has 1 heterocycles. The van der Waals surface area contributed by atoms with E-state index in [1.165, 1.54) is 17.4 Å². The van der Waals surface area contributed by atoms with Crippen LogP contribution in [-0.2, 0) is 11.3 Å². The highest BCUT2D eigenvalue weighted by molar-refractivity contribution is 6.09. The van der Waals surface area contributed by atoms with Crippen LogP contribution < -0.4 is 15.0 Å². The van der Waals surface area contributed by atoms with Gasteiger partial charge in [-0.25, -0.2) is 4.39 Å². The van der Waals surface area contributed by atoms with Crippen molar-refractivity contribution in [2.75, 3.05) is 4.90 Å². The van der Waals surface area contributed by atoms with Gasteiger partial charge in [0, 0.05) is 17.2 Å². The summed E-state index contributed by atoms with van der Waals surface area (Å²) in [6, 6.07) is 21.0. The van der Waals surface area contributed by atoms with E-state index in [1.807, 2.05) is 12.1 Å². The second kappa shape index (κ2) is 10.4. The molecule has 1 aliphatic carbocycles. The van der Waals surface area contributed by atoms with Crippen LogP contribution >= 0.6 is 0 Å². The Morgan fingerprint density at radius 2 is 1.75 bits per heavy atom. The minimum atomic E-state index is -0.365. The summed E-state index contributed by atoms with van der Waals surface area (Å²) in [4.78, 5) is 27.7. The molecule has 5 nitrogen and oxygen atoms in total. The van der Waals surface area contributed by atoms with E-state index >= 15 is 0 Å². The monoisotopic (exact) mass is 484 g/mol. The van der Waals surface area contributed by atoms with Crippen LogP contribution in [0.1, 0.15) is 54.1 Å². The Morgan fingerprint density at radius 3 is 2.53 bits per heavy atom. The zero-order chi connectivity index (χ0) is 25.1. The average molecular weight is 485 g/mol. The maximum Gasteiger partial charge on any atom is 0.294 e. The van der Waals surface area contributed by atoms with Gasteiger partial charge in [0.2, 0.25) is 0 Å². The Bertz CT molecular complexity index is 1300. The molecule has 0 radical (unpaired) electrons. The lowest BCUT2D eigenvalue weighted by atomic mass is 9.86. The van der Waals surface area contributed by atoms with Crippen molar-refractivity contribution in [3.8, 4) is 5.75 Å². The summed E-state index contributed by atoms with van der Waals surface area (Å²) < 4.78 is 20.3. The van der Waals surface area contributed by atoms with Gasteiger partial charge in [0.05, 0.1) is 12.2 Å². The van der Waals surface area contributed by atoms with Crippen molar-refractivity contribution in [1.29, 1.82) is 0 Å². The van der Waals surface area contributed by atoms with E-state index in [9.17, 15) is 14.0 Å². The molecule has 2 amide bonds. The Kier molecular flexibility index (Phi) is 6.85. The lowest BCUT2D eigenvalue weighted by Crippen LogP contribution is -2.41. The third kappa shape index (κ3) is 5.03. The number of halogens is 1. The number of nitrogens with one attached hydrogen (secondary N) is 1. The van der Waals surface area contributed by atoms with Gasteiger partial charge in [0.15, 0.2) is 11.5 Å². The van der Waals surface area contributed by atoms with Crippen molar-refractivity contribution in [3.05, 3.63) is 101 Å². The summed E-state index contributed by atoms with van der Waals surface area (Å²) in [6.45, 7) is 2.27. The summed E-state index contributed by atoms with van der Waals surface area (Å²) in [5, 5.41) is 3.17. The molecule has 0 bridgehead atoms. The number of ether oxygens (including phenoxy) is 1. The highest BCUT2D eigenvalue weighted by atomic mass is 19.1. The molecular formula is C30H29FN2O3. The van der Waals surface area contributed by atoms with E-state index in [2.05, 4.69) is 12.2 Å². The second-order valence-corrected chi connectivity index (χ2v) is 9.52. The van der Waals surface area contributed by atoms with E-state index in [0.29, 0.717) is 28.5 Å². The molecule has 0 aromatic heterocycles. The molecule has 2 unspecified atom stereocenters. The van der Waals surface area contributed by atoms with Crippen LogP contribution in [0.4, 0.5) is 10.1 Å². The molecule has 1 saturated carbocycles. The molecule has 0 saturated heterocycles. The van der Waals surface area contributed by atoms with E-state index in [4.69, 9.17) is 4.74 Å². The molecule has 1 fully saturated rings. The molecule has 0 spiro atoms. The van der Waals surface area contributed by atoms with Gasteiger partial charge in [0.1, 0.15) is 5.82 Å². The van der Waals surface area contributed by atoms with Gasteiger partial charge in [-0.1, -0.05) is 62.2 Å². The van der Waals surface area contributed by atoms with Gasteiger partial charge in [-0.3, -0.25) is 14.5 Å². The SMILES string of the molecule is CC1CCCCC1NC(=O)c1ccc(/C=C2\Oc3ccccc3N(Cc3ccccc3F)C2=O)cc1. The Labute approximate surface area is 210 Å². The third-order valence-corrected chi connectivity index (χ3v) is 7.02. The zero-order valence-electron chi connectivity index (χ0n) is 20.2. The fourth-order valence-corrected chi connectivity index (χ4v) is 4.88. The lowest BCUT2D eigenvalue weighted by molar-refractivity contribution is -0.117. The average Bonchev–Trinajstić information content (AvgIpc) is 2.89. The van der Waals surface area contributed by atoms with Crippen LogP contribution in [0.15, 0.2) is 78.6 Å². The van der Waals surface area contributed by atoms with Gasteiger partial charge in [-0.2, -0.15) is 0 Å². The number of benzene rings is 3. The smallest absolute Gasteiger partial charge is 0.294 e. The molecule has 2 atom stereocenters. The maximum absolute atomic E-state index is 14.3. The molecule has 3 aromatic rings. The molecule has 6 heteroatoms. The fourth-order valence-electron chi connectivity index (χ4n) is 4.88. The Morgan fingerprint density at radius 1 is 1.03 bits per heavy atom. The predicted molar refractivity (Wildman–Crippen MR) is 138 cm³/mol. The number of hydrogen-bond donors (Lipinski definition) is 1. The molecule has 2 aliphatic rings. The third-order valence-electron chi connectivity index (χ3n) is 7.02. The maximum atomic E-state index is 14.3. The Hall–Kier alpha value is -3.93. The summed E-state index contributed by atoms with van der Waals surface area (Å²) in [5.74, 6) is 0.344. The highest BCUT2D eigenvalue weighted by Gasteiger charge is 2.31. The van der Waals surface area contributed by atoms with Gasteiger partial charge < -0.3 is 10.1 Å². The number of hydrogen-bond acceptors (Lipinski definition) is 3. The number of fused-ring (bicyclic) bond motifs is 1. The van der Waals surface area contributed by atoms with Crippen LogP contribution in [0, 0.1) is 11.7 Å². The van der Waals surface area contributed by atoms with E-state index in [-0.39, 0.29) is 36.0 Å². The number of carbonyl (C=O) groups is 2. The number of anilines is 1. The van der Waals surface area contributed by atoms with E-state index < -0.39 is 0 Å². The van der Waals surface area contributed by atoms with Crippen LogP contribution in [-0.4, -0.2) is 17.9 Å². The first-order chi connectivity index (χ1) is 17.5. The molecule has 184 valence electrons. The Balaban J connectivity index is 1.36. The lowest BCUT2D eigenvalue weighted by Gasteiger charge is -2.30. The minimum absolute atomic E-state index is 0.0806. The van der Waals surface area contributed by atoms with Crippen LogP contribution in [0.5, 0.6) is 5.75 Å². The molecule has 5 rings (SSSR count). The van der Waals surface area contributed by atoms with Crippen LogP contribution in [0.2, 0.25) is 0 Å². The molecule has 3 aromatic carbocycles. The summed E-state index contributed by atoms with van der Waals surface area (Å²) in [5.41, 5.74) is 2.32. The van der Waals surface area contributed by atoms with Gasteiger partial charge in [0.25, 0.3) is 11.8 Å². The topological polar surface area (TPSA) is 58.6 Å². The van der Waals surface area contributed by atoms with Gasteiger partial charge >= 0.3 is 0 Å². The highest BCUT2D eigenvalue weighted by Crippen LogP contribution is 2.36. The van der Waals surface area contributed by atoms with Crippen molar-refractivity contribution in [2.45, 2.75) is 45.2 Å². The molecular weight excluding hydrogens is 455 g/mol. The first kappa shape index (κ1) is 23.8. The van der Waals surface area contributed by atoms with Crippen molar-refractivity contribution in [3.63, 3.8) is 0 Å². The summed E-state index contributed by atoms with van der Waals surface area (Å²) in [6.07, 6.45) is 6.17. The number of nitrogens with zero attached hydrogens (tertiary/aromatic N) is 1. The van der Waals surface area contributed by atoms with Crippen molar-refractivity contribution >= 4 is 23.6 Å². The first-order valence-electron chi connectivity index (χ1n) is 12.4. The van der Waals surface area contributed by atoms with Crippen LogP contribution in [0.3, 0.4) is 0 Å². The van der Waals surface area contributed by atoms with Crippen molar-refractivity contribution in [2.24, 2.45) is 5.92 Å². The number of para-hydroxylation sites is 2. The number of amides is 2. The second-order valence-electron chi connectivity index (χ2n) is 9.52. The largest absolute Gasteiger partial charge is 0.449 e. The summed E-state index contributed by atoms with van der Waals surface area (Å²) in [7, 11) is 0. The molecule has 36 heavy (non-hydrogen) atoms. The van der Waals surface area contributed by atoms with Gasteiger partial charge in [-0.05, 0) is 60.7 Å². The van der Waals surface area contributed by atoms with Gasteiger partial charge in [-0.15, -0.1) is 0 Å². The van der Waals surface area contributed by atoms with E-state index in [1.54, 1.807) is 60.7 Å². The van der Waals surface area contributed by atoms with Crippen molar-refractivity contribution < 1.29 is 18.7 Å². The number of carbonyl (C=O) groups excluding carboxylic acids is 2. The quantitative estimate of drug-likeness (QED) is 0.445. The normalized spacial score (nSPS) is 20.6. The fraction of sp³-hybridized carbons (Fsp3) is 0.267. The number of rotatable bonds is 5. The van der Waals surface area contributed by atoms with Crippen molar-refractivity contribution in [1.82, 2.24) is 5.32 Å². The minimum Gasteiger partial charge on any atom is -0.449 e. The summed E-state index contributed by atoms with van der Waals surface area (Å²) >= 11 is 0. The van der Waals surface area contributed by atoms with E-state index in [0.717, 1.165) is 24.8 Å². The van der Waals surface area contributed by atoms with Crippen LogP contribution in [0.25, 0.3) is 6.08 Å². The zero-order valence-corrected chi connectivity index (χ0v) is 20.2. The molecule has 1 aliphatic heterocycles.